The molecule has 5 fully saturated rings. The predicted octanol–water partition coefficient (Wildman–Crippen LogP) is 8.40. The minimum Gasteiger partial charge on any atom is -0.507 e. The van der Waals surface area contributed by atoms with Crippen molar-refractivity contribution in [1.29, 1.82) is 0 Å². The first-order valence-corrected chi connectivity index (χ1v) is 28.1. The van der Waals surface area contributed by atoms with Crippen molar-refractivity contribution in [3.05, 3.63) is 113 Å². The number of hydrogen-bond acceptors (Lipinski definition) is 16. The number of phenolic OH excluding ortho intramolecular Hbond substituents is 1. The molecule has 2 amide bonds. The third kappa shape index (κ3) is 11.3. The molecule has 18 heteroatoms. The topological polar surface area (TPSA) is 218 Å². The van der Waals surface area contributed by atoms with Crippen LogP contribution < -0.4 is 20.7 Å². The van der Waals surface area contributed by atoms with Crippen molar-refractivity contribution in [2.24, 2.45) is 11.8 Å². The number of carbonyl (C=O) groups is 2. The van der Waals surface area contributed by atoms with E-state index in [4.69, 9.17) is 19.7 Å². The molecule has 2 aliphatic carbocycles. The molecule has 5 aliphatic rings. The van der Waals surface area contributed by atoms with E-state index in [1.54, 1.807) is 23.5 Å². The number of nitrogens with two attached hydrogens (primary N) is 1. The molecule has 76 heavy (non-hydrogen) atoms. The fourth-order valence-corrected chi connectivity index (χ4v) is 12.8. The molecule has 6 aromatic rings. The Labute approximate surface area is 448 Å². The maximum absolute atomic E-state index is 14.4. The predicted molar refractivity (Wildman–Crippen MR) is 290 cm³/mol. The number of hydrogen-bond donors (Lipinski definition) is 4. The number of aromatic nitrogens is 5. The van der Waals surface area contributed by atoms with E-state index in [-0.39, 0.29) is 72.6 Å². The van der Waals surface area contributed by atoms with Gasteiger partial charge in [-0.05, 0) is 111 Å². The number of rotatable bonds is 17. The second-order valence-corrected chi connectivity index (χ2v) is 23.0. The van der Waals surface area contributed by atoms with E-state index in [0.29, 0.717) is 34.6 Å². The average molecular weight is 1050 g/mol. The molecule has 4 aromatic heterocycles. The van der Waals surface area contributed by atoms with E-state index in [1.165, 1.54) is 10.5 Å². The van der Waals surface area contributed by atoms with Crippen molar-refractivity contribution in [2.45, 2.75) is 133 Å². The molecule has 6 atom stereocenters. The molecular weight excluding hydrogens is 981 g/mol. The summed E-state index contributed by atoms with van der Waals surface area (Å²) in [5.41, 5.74) is 14.5. The second kappa shape index (κ2) is 22.2. The molecule has 0 bridgehead atoms. The maximum Gasteiger partial charge on any atom is 0.243 e. The minimum atomic E-state index is -0.802. The van der Waals surface area contributed by atoms with E-state index in [2.05, 4.69) is 52.6 Å². The zero-order valence-corrected chi connectivity index (χ0v) is 44.6. The standard InChI is InChI=1S/C58H70N10O7S/c1-33(2)54(58(72)68-31-40(69)24-49(68)57(71)62-34(3)37-9-11-38(12-10-37)55-35(4)61-32-76-55)51-29-52(65-75-51)67-21-14-36(15-22-67)30-66-19-16-41(17-20-66)73-42-25-43(26-42)74-53-23-39(13-18-60-53)45-27-46(45)47-28-48(63-64-56(47)59)44-7-5-6-8-50(44)70/h5-13,18,23,28-29,32-34,36,40-43,45-46,49,54,69-70H,14-17,19-22,24-27,30-31H2,1-4H3,(H2,59,64)(H,62,71)/t34-,40+,42?,43?,45-,46+,49-,54+/m0/s1. The highest BCUT2D eigenvalue weighted by Crippen LogP contribution is 2.56. The Balaban J connectivity index is 0.600. The van der Waals surface area contributed by atoms with Crippen molar-refractivity contribution in [3.8, 4) is 33.3 Å². The zero-order chi connectivity index (χ0) is 52.6. The number of aliphatic hydroxyl groups is 1. The lowest BCUT2D eigenvalue weighted by Gasteiger charge is -2.41. The summed E-state index contributed by atoms with van der Waals surface area (Å²) in [6.45, 7) is 12.8. The number of piperidine rings is 2. The zero-order valence-electron chi connectivity index (χ0n) is 43.8. The third-order valence-electron chi connectivity index (χ3n) is 16.5. The van der Waals surface area contributed by atoms with Crippen LogP contribution in [0, 0.1) is 18.8 Å². The van der Waals surface area contributed by atoms with Crippen molar-refractivity contribution in [3.63, 3.8) is 0 Å². The van der Waals surface area contributed by atoms with Crippen molar-refractivity contribution < 1.29 is 33.8 Å². The Bertz CT molecular complexity index is 2980. The minimum absolute atomic E-state index is 0.0835. The van der Waals surface area contributed by atoms with Gasteiger partial charge in [-0.25, -0.2) is 9.97 Å². The molecule has 400 valence electrons. The van der Waals surface area contributed by atoms with Crippen LogP contribution >= 0.6 is 11.3 Å². The molecule has 2 saturated carbocycles. The number of anilines is 2. The Kier molecular flexibility index (Phi) is 15.1. The van der Waals surface area contributed by atoms with E-state index in [1.807, 2.05) is 87.9 Å². The number of β-amino-alcohol motifs (C(OH)–C–C–N with tert-alkyl or cyclic N) is 1. The van der Waals surface area contributed by atoms with Crippen LogP contribution in [0.5, 0.6) is 11.6 Å². The van der Waals surface area contributed by atoms with E-state index >= 15 is 0 Å². The summed E-state index contributed by atoms with van der Waals surface area (Å²) in [7, 11) is 0. The number of aryl methyl sites for hydroxylation is 1. The van der Waals surface area contributed by atoms with Gasteiger partial charge in [0.25, 0.3) is 0 Å². The van der Waals surface area contributed by atoms with Gasteiger partial charge in [-0.1, -0.05) is 55.4 Å². The van der Waals surface area contributed by atoms with Gasteiger partial charge in [-0.2, -0.15) is 0 Å². The summed E-state index contributed by atoms with van der Waals surface area (Å²) >= 11 is 1.60. The molecule has 3 saturated heterocycles. The Hall–Kier alpha value is -6.47. The molecule has 0 spiro atoms. The molecular formula is C58H70N10O7S. The fraction of sp³-hybridized carbons (Fsp3) is 0.500. The number of carbonyl (C=O) groups excluding carboxylic acids is 2. The molecule has 0 unspecified atom stereocenters. The summed E-state index contributed by atoms with van der Waals surface area (Å²) in [6, 6.07) is 22.1. The Morgan fingerprint density at radius 2 is 1.66 bits per heavy atom. The molecule has 11 rings (SSSR count). The molecule has 0 radical (unpaired) electrons. The summed E-state index contributed by atoms with van der Waals surface area (Å²) < 4.78 is 18.9. The summed E-state index contributed by atoms with van der Waals surface area (Å²) in [6.07, 6.45) is 8.55. The van der Waals surface area contributed by atoms with Crippen LogP contribution in [0.2, 0.25) is 0 Å². The van der Waals surface area contributed by atoms with Gasteiger partial charge in [0.2, 0.25) is 17.7 Å². The lowest BCUT2D eigenvalue weighted by Crippen LogP contribution is -2.48. The highest BCUT2D eigenvalue weighted by atomic mass is 32.1. The molecule has 17 nitrogen and oxygen atoms in total. The van der Waals surface area contributed by atoms with Gasteiger partial charge in [0.15, 0.2) is 11.6 Å². The highest BCUT2D eigenvalue weighted by Gasteiger charge is 2.45. The SMILES string of the molecule is Cc1ncsc1-c1ccc([C@H](C)NC(=O)[C@@H]2C[C@@H](O)CN2C(=O)[C@@H](c2cc(N3CCC(CN4CCC(OC5CC(Oc6cc([C@@H]7C[C@H]7c7cc(-c8ccccc8O)nnc7N)ccn6)C5)CC4)CC3)no2)C(C)C)cc1. The van der Waals surface area contributed by atoms with E-state index in [0.717, 1.165) is 111 Å². The van der Waals surface area contributed by atoms with E-state index in [9.17, 15) is 19.8 Å². The lowest BCUT2D eigenvalue weighted by atomic mass is 9.91. The van der Waals surface area contributed by atoms with Crippen LogP contribution in [0.25, 0.3) is 21.7 Å². The maximum atomic E-state index is 14.4. The molecule has 2 aromatic carbocycles. The number of benzene rings is 2. The largest absolute Gasteiger partial charge is 0.507 e. The van der Waals surface area contributed by atoms with Gasteiger partial charge in [-0.3, -0.25) is 9.59 Å². The molecule has 7 heterocycles. The number of aromatic hydroxyl groups is 1. The van der Waals surface area contributed by atoms with Gasteiger partial charge < -0.3 is 50.0 Å². The first-order chi connectivity index (χ1) is 36.8. The fourth-order valence-electron chi connectivity index (χ4n) is 12.0. The van der Waals surface area contributed by atoms with Crippen molar-refractivity contribution in [1.82, 2.24) is 40.4 Å². The number of likely N-dealkylation sites (tertiary alicyclic amines) is 2. The number of nitrogens with one attached hydrogen (secondary N) is 1. The van der Waals surface area contributed by atoms with Crippen LogP contribution in [-0.4, -0.2) is 127 Å². The third-order valence-corrected chi connectivity index (χ3v) is 17.5. The average Bonchev–Trinajstić information content (AvgIpc) is 3.63. The summed E-state index contributed by atoms with van der Waals surface area (Å²) in [5, 5.41) is 37.2. The number of nitrogen functional groups attached to an aromatic ring is 1. The van der Waals surface area contributed by atoms with Crippen molar-refractivity contribution in [2.75, 3.05) is 49.9 Å². The number of ether oxygens (including phenoxy) is 2. The molecule has 5 N–H and O–H groups in total. The lowest BCUT2D eigenvalue weighted by molar-refractivity contribution is -0.141. The van der Waals surface area contributed by atoms with Crippen LogP contribution in [0.15, 0.2) is 89.0 Å². The summed E-state index contributed by atoms with van der Waals surface area (Å²) in [4.78, 5) is 44.6. The van der Waals surface area contributed by atoms with Crippen LogP contribution in [0.1, 0.15) is 124 Å². The second-order valence-electron chi connectivity index (χ2n) is 22.2. The number of pyridine rings is 1. The number of thiazole rings is 1. The van der Waals surface area contributed by atoms with Crippen LogP contribution in [-0.2, 0) is 14.3 Å². The monoisotopic (exact) mass is 1050 g/mol. The number of amides is 2. The number of para-hydroxylation sites is 1. The van der Waals surface area contributed by atoms with Crippen molar-refractivity contribution >= 4 is 34.8 Å². The quantitative estimate of drug-likeness (QED) is 0.0674. The summed E-state index contributed by atoms with van der Waals surface area (Å²) in [5.74, 6) is 2.21. The number of aliphatic hydroxyl groups excluding tert-OH is 1. The van der Waals surface area contributed by atoms with Crippen LogP contribution in [0.4, 0.5) is 11.6 Å². The first kappa shape index (κ1) is 51.6. The van der Waals surface area contributed by atoms with Gasteiger partial charge in [0.1, 0.15) is 29.6 Å². The van der Waals surface area contributed by atoms with Gasteiger partial charge in [0.05, 0.1) is 46.1 Å². The van der Waals surface area contributed by atoms with Crippen LogP contribution in [0.3, 0.4) is 0 Å². The normalized spacial score (nSPS) is 24.1. The number of nitrogens with zero attached hydrogens (tertiary/aromatic N) is 8. The molecule has 3 aliphatic heterocycles. The van der Waals surface area contributed by atoms with Gasteiger partial charge >= 0.3 is 0 Å². The Morgan fingerprint density at radius 3 is 2.39 bits per heavy atom. The first-order valence-electron chi connectivity index (χ1n) is 27.2. The smallest absolute Gasteiger partial charge is 0.243 e. The van der Waals surface area contributed by atoms with E-state index < -0.39 is 18.1 Å². The van der Waals surface area contributed by atoms with Gasteiger partial charge in [0, 0.05) is 88.0 Å². The number of phenols is 1. The van der Waals surface area contributed by atoms with Gasteiger partial charge in [-0.15, -0.1) is 21.5 Å². The highest BCUT2D eigenvalue weighted by molar-refractivity contribution is 7.13. The Morgan fingerprint density at radius 1 is 0.882 bits per heavy atom.